The second kappa shape index (κ2) is 8.41. The van der Waals surface area contributed by atoms with Crippen LogP contribution in [0.2, 0.25) is 0 Å². The number of fused-ring (bicyclic) bond motifs is 9. The average Bonchev–Trinajstić information content (AvgIpc) is 3.59. The van der Waals surface area contributed by atoms with Gasteiger partial charge in [-0.3, -0.25) is 9.97 Å². The third-order valence-corrected chi connectivity index (χ3v) is 7.92. The summed E-state index contributed by atoms with van der Waals surface area (Å²) >= 11 is 0. The van der Waals surface area contributed by atoms with Gasteiger partial charge in [-0.2, -0.15) is 0 Å². The van der Waals surface area contributed by atoms with Crippen molar-refractivity contribution in [2.45, 2.75) is 0 Å². The smallest absolute Gasteiger partial charge is 0.153 e. The zero-order chi connectivity index (χ0) is 26.9. The van der Waals surface area contributed by atoms with Crippen molar-refractivity contribution < 1.29 is 8.83 Å². The molecule has 5 heteroatoms. The lowest BCUT2D eigenvalue weighted by Gasteiger charge is -2.26. The molecule has 0 unspecified atom stereocenters. The summed E-state index contributed by atoms with van der Waals surface area (Å²) in [4.78, 5) is 11.4. The van der Waals surface area contributed by atoms with Gasteiger partial charge in [0.25, 0.3) is 0 Å². The molecule has 4 aromatic heterocycles. The zero-order valence-electron chi connectivity index (χ0n) is 21.8. The highest BCUT2D eigenvalue weighted by molar-refractivity contribution is 6.10. The highest BCUT2D eigenvalue weighted by Gasteiger charge is 2.18. The van der Waals surface area contributed by atoms with Crippen LogP contribution in [0.1, 0.15) is 0 Å². The molecule has 0 atom stereocenters. The van der Waals surface area contributed by atoms with Gasteiger partial charge in [-0.05, 0) is 88.3 Å². The molecule has 9 rings (SSSR count). The lowest BCUT2D eigenvalue weighted by atomic mass is 10.0. The fourth-order valence-electron chi connectivity index (χ4n) is 6.02. The van der Waals surface area contributed by atoms with Crippen LogP contribution in [0.4, 0.5) is 17.1 Å². The molecule has 9 aromatic rings. The number of hydrogen-bond donors (Lipinski definition) is 0. The van der Waals surface area contributed by atoms with E-state index in [-0.39, 0.29) is 0 Å². The maximum Gasteiger partial charge on any atom is 0.153 e. The minimum Gasteiger partial charge on any atom is -0.454 e. The van der Waals surface area contributed by atoms with Crippen LogP contribution in [-0.4, -0.2) is 9.97 Å². The van der Waals surface area contributed by atoms with Crippen molar-refractivity contribution in [2.75, 3.05) is 4.90 Å². The molecule has 4 heterocycles. The van der Waals surface area contributed by atoms with Gasteiger partial charge in [0.05, 0.1) is 0 Å². The highest BCUT2D eigenvalue weighted by atomic mass is 16.3. The van der Waals surface area contributed by atoms with E-state index in [9.17, 15) is 0 Å². The predicted molar refractivity (Wildman–Crippen MR) is 166 cm³/mol. The third kappa shape index (κ3) is 3.36. The van der Waals surface area contributed by atoms with Crippen LogP contribution in [0.25, 0.3) is 65.7 Å². The van der Waals surface area contributed by atoms with Crippen LogP contribution in [0.15, 0.2) is 136 Å². The van der Waals surface area contributed by atoms with Crippen LogP contribution >= 0.6 is 0 Å². The minimum atomic E-state index is 0.777. The van der Waals surface area contributed by atoms with Crippen molar-refractivity contribution in [1.82, 2.24) is 9.97 Å². The molecule has 5 aromatic carbocycles. The molecule has 41 heavy (non-hydrogen) atoms. The fraction of sp³-hybridized carbons (Fsp3) is 0. The molecule has 0 saturated carbocycles. The van der Waals surface area contributed by atoms with E-state index in [1.54, 1.807) is 12.4 Å². The first-order valence-corrected chi connectivity index (χ1v) is 13.6. The van der Waals surface area contributed by atoms with Gasteiger partial charge < -0.3 is 13.7 Å². The van der Waals surface area contributed by atoms with E-state index in [0.717, 1.165) is 61.2 Å². The van der Waals surface area contributed by atoms with E-state index in [4.69, 9.17) is 8.83 Å². The van der Waals surface area contributed by atoms with Gasteiger partial charge >= 0.3 is 0 Å². The van der Waals surface area contributed by atoms with Crippen molar-refractivity contribution in [3.63, 3.8) is 0 Å². The standard InChI is InChI=1S/C36H21N3O2/c1-2-6-27-22(5-1)9-10-23-11-12-24(19-29(23)27)39(25-14-16-31-30(20-25)36-33(40-31)8-4-18-38-36)26-13-15-28-34(21-26)41-32-7-3-17-37-35(28)32/h1-21H. The number of nitrogens with zero attached hydrogens (tertiary/aromatic N) is 3. The number of anilines is 3. The molecular formula is C36H21N3O2. The summed E-state index contributed by atoms with van der Waals surface area (Å²) < 4.78 is 12.3. The minimum absolute atomic E-state index is 0.777. The second-order valence-corrected chi connectivity index (χ2v) is 10.3. The van der Waals surface area contributed by atoms with E-state index in [1.165, 1.54) is 21.5 Å². The quantitative estimate of drug-likeness (QED) is 0.214. The van der Waals surface area contributed by atoms with Crippen molar-refractivity contribution in [1.29, 1.82) is 0 Å². The predicted octanol–water partition coefficient (Wildman–Crippen LogP) is 10.1. The Morgan fingerprint density at radius 1 is 0.415 bits per heavy atom. The van der Waals surface area contributed by atoms with Gasteiger partial charge in [0.15, 0.2) is 11.2 Å². The fourth-order valence-corrected chi connectivity index (χ4v) is 6.02. The van der Waals surface area contributed by atoms with Crippen LogP contribution < -0.4 is 4.90 Å². The monoisotopic (exact) mass is 527 g/mol. The summed E-state index contributed by atoms with van der Waals surface area (Å²) in [5.41, 5.74) is 7.91. The van der Waals surface area contributed by atoms with Crippen LogP contribution in [-0.2, 0) is 0 Å². The normalized spacial score (nSPS) is 11.9. The molecule has 0 fully saturated rings. The molecule has 0 N–H and O–H groups in total. The first-order chi connectivity index (χ1) is 20.3. The lowest BCUT2D eigenvalue weighted by molar-refractivity contribution is 0.667. The summed E-state index contributed by atoms with van der Waals surface area (Å²) in [7, 11) is 0. The lowest BCUT2D eigenvalue weighted by Crippen LogP contribution is -2.09. The molecule has 0 bridgehead atoms. The maximum absolute atomic E-state index is 6.24. The molecule has 0 spiro atoms. The molecule has 5 nitrogen and oxygen atoms in total. The Morgan fingerprint density at radius 2 is 1.02 bits per heavy atom. The average molecular weight is 528 g/mol. The van der Waals surface area contributed by atoms with Gasteiger partial charge in [-0.25, -0.2) is 0 Å². The van der Waals surface area contributed by atoms with Crippen molar-refractivity contribution in [2.24, 2.45) is 0 Å². The number of benzene rings is 5. The van der Waals surface area contributed by atoms with E-state index in [2.05, 4.69) is 99.8 Å². The largest absolute Gasteiger partial charge is 0.454 e. The molecule has 0 aliphatic heterocycles. The van der Waals surface area contributed by atoms with Crippen LogP contribution in [0, 0.1) is 0 Å². The van der Waals surface area contributed by atoms with E-state index in [0.29, 0.717) is 0 Å². The second-order valence-electron chi connectivity index (χ2n) is 10.3. The molecule has 0 radical (unpaired) electrons. The summed E-state index contributed by atoms with van der Waals surface area (Å²) in [6, 6.07) is 39.9. The molecular weight excluding hydrogens is 506 g/mol. The summed E-state index contributed by atoms with van der Waals surface area (Å²) in [6.07, 6.45) is 3.61. The Balaban J connectivity index is 1.32. The third-order valence-electron chi connectivity index (χ3n) is 7.92. The summed E-state index contributed by atoms with van der Waals surface area (Å²) in [5, 5.41) is 6.82. The van der Waals surface area contributed by atoms with E-state index >= 15 is 0 Å². The Bertz CT molecular complexity index is 2450. The van der Waals surface area contributed by atoms with Gasteiger partial charge in [0, 0.05) is 46.3 Å². The molecule has 192 valence electrons. The zero-order valence-corrected chi connectivity index (χ0v) is 21.8. The van der Waals surface area contributed by atoms with Gasteiger partial charge in [0.1, 0.15) is 22.2 Å². The first kappa shape index (κ1) is 22.2. The Kier molecular flexibility index (Phi) is 4.55. The van der Waals surface area contributed by atoms with Gasteiger partial charge in [0.2, 0.25) is 0 Å². The Labute approximate surface area is 233 Å². The topological polar surface area (TPSA) is 55.3 Å². The Hall–Kier alpha value is -5.68. The van der Waals surface area contributed by atoms with Crippen LogP contribution in [0.3, 0.4) is 0 Å². The highest BCUT2D eigenvalue weighted by Crippen LogP contribution is 2.41. The molecule has 0 aliphatic rings. The molecule has 0 saturated heterocycles. The van der Waals surface area contributed by atoms with Crippen molar-refractivity contribution >= 4 is 82.7 Å². The first-order valence-electron chi connectivity index (χ1n) is 13.6. The van der Waals surface area contributed by atoms with E-state index < -0.39 is 0 Å². The number of aromatic nitrogens is 2. The molecule has 0 aliphatic carbocycles. The number of rotatable bonds is 3. The Morgan fingerprint density at radius 3 is 1.85 bits per heavy atom. The van der Waals surface area contributed by atoms with Crippen LogP contribution in [0.5, 0.6) is 0 Å². The SMILES string of the molecule is c1ccc2c(c1)ccc1ccc(N(c3ccc4c(c3)oc3cccnc34)c3ccc4oc5cccnc5c4c3)cc12. The van der Waals surface area contributed by atoms with Crippen molar-refractivity contribution in [3.05, 3.63) is 128 Å². The van der Waals surface area contributed by atoms with Gasteiger partial charge in [-0.15, -0.1) is 0 Å². The van der Waals surface area contributed by atoms with Gasteiger partial charge in [-0.1, -0.05) is 42.5 Å². The summed E-state index contributed by atoms with van der Waals surface area (Å²) in [5.74, 6) is 0. The molecule has 0 amide bonds. The maximum atomic E-state index is 6.24. The van der Waals surface area contributed by atoms with Crippen molar-refractivity contribution in [3.8, 4) is 0 Å². The summed E-state index contributed by atoms with van der Waals surface area (Å²) in [6.45, 7) is 0. The van der Waals surface area contributed by atoms with E-state index in [1.807, 2.05) is 30.3 Å². The number of pyridine rings is 2. The number of furan rings is 2. The number of hydrogen-bond acceptors (Lipinski definition) is 5.